The van der Waals surface area contributed by atoms with Crippen LogP contribution in [-0.4, -0.2) is 30.8 Å². The summed E-state index contributed by atoms with van der Waals surface area (Å²) in [4.78, 5) is 10.5. The average Bonchev–Trinajstić information content (AvgIpc) is 1.60. The lowest BCUT2D eigenvalue weighted by molar-refractivity contribution is -0.123. The summed E-state index contributed by atoms with van der Waals surface area (Å²) in [6, 6.07) is 0. The van der Waals surface area contributed by atoms with Gasteiger partial charge in [-0.15, -0.1) is 0 Å². The Morgan fingerprint density at radius 1 is 1.60 bits per heavy atom. The van der Waals surface area contributed by atoms with Crippen molar-refractivity contribution < 1.29 is 13.2 Å². The highest BCUT2D eigenvalue weighted by molar-refractivity contribution is 7.90. The lowest BCUT2D eigenvalue weighted by atomic mass is 10.7. The van der Waals surface area contributed by atoms with Gasteiger partial charge >= 0.3 is 0 Å². The fourth-order valence-electron chi connectivity index (χ4n) is 0.438. The van der Waals surface area contributed by atoms with Crippen LogP contribution >= 0.6 is 12.6 Å². The molecular weight excluding hydrogens is 174 g/mol. The average molecular weight is 183 g/mol. The van der Waals surface area contributed by atoms with E-state index in [1.807, 2.05) is 0 Å². The van der Waals surface area contributed by atoms with Gasteiger partial charge in [-0.1, -0.05) is 0 Å². The van der Waals surface area contributed by atoms with Crippen LogP contribution in [0.15, 0.2) is 0 Å². The molecule has 0 atom stereocenters. The molecule has 0 bridgehead atoms. The minimum absolute atomic E-state index is 0.103. The minimum atomic E-state index is -3.41. The number of hydrogen-bond acceptors (Lipinski definition) is 4. The second-order valence-corrected chi connectivity index (χ2v) is 3.96. The van der Waals surface area contributed by atoms with Gasteiger partial charge in [0, 0.05) is 6.92 Å². The van der Waals surface area contributed by atoms with Crippen LogP contribution in [0, 0.1) is 0 Å². The maximum atomic E-state index is 10.7. The van der Waals surface area contributed by atoms with E-state index in [0.717, 1.165) is 6.26 Å². The van der Waals surface area contributed by atoms with Crippen molar-refractivity contribution in [3.63, 3.8) is 0 Å². The summed E-state index contributed by atoms with van der Waals surface area (Å²) in [6.07, 6.45) is 0.963. The van der Waals surface area contributed by atoms with Gasteiger partial charge in [-0.2, -0.15) is 12.6 Å². The van der Waals surface area contributed by atoms with E-state index in [9.17, 15) is 13.2 Å². The van der Waals surface area contributed by atoms with Crippen LogP contribution in [0.25, 0.3) is 0 Å². The number of amides is 1. The molecule has 60 valence electrons. The Morgan fingerprint density at radius 2 is 2.00 bits per heavy atom. The first-order chi connectivity index (χ1) is 4.39. The molecule has 1 amide bonds. The molecule has 0 aromatic rings. The van der Waals surface area contributed by atoms with E-state index in [4.69, 9.17) is 0 Å². The maximum absolute atomic E-state index is 10.7. The van der Waals surface area contributed by atoms with Crippen molar-refractivity contribution in [1.29, 1.82) is 0 Å². The maximum Gasteiger partial charge on any atom is 0.235 e. The molecule has 0 saturated heterocycles. The minimum Gasteiger partial charge on any atom is -0.274 e. The van der Waals surface area contributed by atoms with Gasteiger partial charge < -0.3 is 0 Å². The van der Waals surface area contributed by atoms with Gasteiger partial charge in [0.05, 0.1) is 12.1 Å². The van der Waals surface area contributed by atoms with Crippen LogP contribution in [0.4, 0.5) is 0 Å². The highest BCUT2D eigenvalue weighted by atomic mass is 32.2. The van der Waals surface area contributed by atoms with Crippen molar-refractivity contribution in [3.05, 3.63) is 0 Å². The van der Waals surface area contributed by atoms with Gasteiger partial charge in [-0.25, -0.2) is 12.7 Å². The third-order valence-corrected chi connectivity index (χ3v) is 2.54. The van der Waals surface area contributed by atoms with Gasteiger partial charge in [-0.3, -0.25) is 4.79 Å². The summed E-state index contributed by atoms with van der Waals surface area (Å²) in [7, 11) is -3.41. The molecule has 0 aliphatic heterocycles. The van der Waals surface area contributed by atoms with Crippen molar-refractivity contribution in [2.45, 2.75) is 6.92 Å². The Balaban J connectivity index is 4.55. The SMILES string of the molecule is CC(=O)N(CS)S(C)(=O)=O. The van der Waals surface area contributed by atoms with Crippen LogP contribution < -0.4 is 0 Å². The quantitative estimate of drug-likeness (QED) is 0.471. The standard InChI is InChI=1S/C4H9NO3S2/c1-4(6)5(3-9)10(2,7)8/h9H,3H2,1-2H3. The number of nitrogens with zero attached hydrogens (tertiary/aromatic N) is 1. The van der Waals surface area contributed by atoms with Crippen molar-refractivity contribution in [2.24, 2.45) is 0 Å². The highest BCUT2D eigenvalue weighted by Crippen LogP contribution is 1.98. The van der Waals surface area contributed by atoms with Crippen molar-refractivity contribution in [3.8, 4) is 0 Å². The zero-order valence-corrected chi connectivity index (χ0v) is 7.45. The third-order valence-electron chi connectivity index (χ3n) is 0.880. The fourth-order valence-corrected chi connectivity index (χ4v) is 1.94. The van der Waals surface area contributed by atoms with Gasteiger partial charge in [0.25, 0.3) is 0 Å². The summed E-state index contributed by atoms with van der Waals surface area (Å²) in [5.41, 5.74) is 0. The predicted molar refractivity (Wildman–Crippen MR) is 41.2 cm³/mol. The summed E-state index contributed by atoms with van der Waals surface area (Å²) in [5, 5.41) is 0. The molecule has 10 heavy (non-hydrogen) atoms. The molecule has 0 fully saturated rings. The number of carbonyl (C=O) groups excluding carboxylic acids is 1. The molecule has 0 rings (SSSR count). The van der Waals surface area contributed by atoms with Crippen molar-refractivity contribution >= 4 is 28.6 Å². The van der Waals surface area contributed by atoms with Gasteiger partial charge in [0.2, 0.25) is 15.9 Å². The highest BCUT2D eigenvalue weighted by Gasteiger charge is 2.16. The van der Waals surface area contributed by atoms with E-state index in [2.05, 4.69) is 12.6 Å². The molecule has 0 aromatic heterocycles. The van der Waals surface area contributed by atoms with E-state index < -0.39 is 15.9 Å². The summed E-state index contributed by atoms with van der Waals surface area (Å²) < 4.78 is 22.0. The van der Waals surface area contributed by atoms with Crippen LogP contribution in [0.2, 0.25) is 0 Å². The van der Waals surface area contributed by atoms with Gasteiger partial charge in [0.15, 0.2) is 0 Å². The largest absolute Gasteiger partial charge is 0.274 e. The van der Waals surface area contributed by atoms with E-state index >= 15 is 0 Å². The first-order valence-electron chi connectivity index (χ1n) is 2.48. The molecule has 0 spiro atoms. The Bertz CT molecular complexity index is 221. The zero-order valence-electron chi connectivity index (χ0n) is 5.73. The van der Waals surface area contributed by atoms with Crippen molar-refractivity contribution in [1.82, 2.24) is 4.31 Å². The van der Waals surface area contributed by atoms with Gasteiger partial charge in [-0.05, 0) is 0 Å². The normalized spacial score (nSPS) is 11.1. The molecule has 0 aliphatic rings. The molecule has 0 radical (unpaired) electrons. The monoisotopic (exact) mass is 183 g/mol. The van der Waals surface area contributed by atoms with E-state index in [1.54, 1.807) is 0 Å². The van der Waals surface area contributed by atoms with Crippen molar-refractivity contribution in [2.75, 3.05) is 12.1 Å². The summed E-state index contributed by atoms with van der Waals surface area (Å²) in [5.74, 6) is -0.619. The molecule has 0 N–H and O–H groups in total. The third kappa shape index (κ3) is 2.57. The fraction of sp³-hybridized carbons (Fsp3) is 0.750. The second-order valence-electron chi connectivity index (χ2n) is 1.77. The summed E-state index contributed by atoms with van der Waals surface area (Å²) in [6.45, 7) is 1.18. The second kappa shape index (κ2) is 3.25. The number of rotatable bonds is 2. The number of carbonyl (C=O) groups is 1. The molecule has 0 unspecified atom stereocenters. The number of sulfonamides is 1. The van der Waals surface area contributed by atoms with E-state index in [-0.39, 0.29) is 5.88 Å². The van der Waals surface area contributed by atoms with Crippen LogP contribution in [0.5, 0.6) is 0 Å². The van der Waals surface area contributed by atoms with E-state index in [0.29, 0.717) is 4.31 Å². The van der Waals surface area contributed by atoms with E-state index in [1.165, 1.54) is 6.92 Å². The Labute approximate surface area is 65.7 Å². The Hall–Kier alpha value is -0.230. The Morgan fingerprint density at radius 3 is 2.00 bits per heavy atom. The molecule has 4 nitrogen and oxygen atoms in total. The molecule has 0 aromatic carbocycles. The smallest absolute Gasteiger partial charge is 0.235 e. The topological polar surface area (TPSA) is 54.5 Å². The van der Waals surface area contributed by atoms with Gasteiger partial charge in [0.1, 0.15) is 0 Å². The Kier molecular flexibility index (Phi) is 3.17. The molecule has 0 aliphatic carbocycles. The zero-order chi connectivity index (χ0) is 8.36. The predicted octanol–water partition coefficient (Wildman–Crippen LogP) is -0.318. The van der Waals surface area contributed by atoms with Crippen LogP contribution in [-0.2, 0) is 14.8 Å². The number of thiol groups is 1. The lowest BCUT2D eigenvalue weighted by Gasteiger charge is -2.14. The van der Waals surface area contributed by atoms with Crippen LogP contribution in [0.3, 0.4) is 0 Å². The first-order valence-corrected chi connectivity index (χ1v) is 4.97. The molecule has 0 heterocycles. The summed E-state index contributed by atoms with van der Waals surface area (Å²) >= 11 is 3.67. The molecule has 0 saturated carbocycles. The first kappa shape index (κ1) is 9.77. The molecule has 6 heteroatoms. The van der Waals surface area contributed by atoms with Crippen LogP contribution in [0.1, 0.15) is 6.92 Å². The number of hydrogen-bond donors (Lipinski definition) is 1. The molecular formula is C4H9NO3S2. The lowest BCUT2D eigenvalue weighted by Crippen LogP contribution is -2.32.